The first-order valence-corrected chi connectivity index (χ1v) is 9.66. The van der Waals surface area contributed by atoms with Crippen LogP contribution in [0.4, 0.5) is 11.4 Å². The SMILES string of the molecule is COc1ccc(C(=O)Nc2ccccc2NC(=O)c2ccc(OC)c(OC)c2)cc1OC. The van der Waals surface area contributed by atoms with Gasteiger partial charge >= 0.3 is 0 Å². The third-order valence-corrected chi connectivity index (χ3v) is 4.71. The molecule has 0 aromatic heterocycles. The van der Waals surface area contributed by atoms with Gasteiger partial charge in [0, 0.05) is 11.1 Å². The van der Waals surface area contributed by atoms with Crippen molar-refractivity contribution in [3.8, 4) is 23.0 Å². The fourth-order valence-corrected chi connectivity index (χ4v) is 3.05. The number of ether oxygens (including phenoxy) is 4. The fourth-order valence-electron chi connectivity index (χ4n) is 3.05. The zero-order valence-corrected chi connectivity index (χ0v) is 18.2. The molecule has 166 valence electrons. The predicted molar refractivity (Wildman–Crippen MR) is 121 cm³/mol. The molecule has 0 bridgehead atoms. The molecule has 0 heterocycles. The highest BCUT2D eigenvalue weighted by molar-refractivity contribution is 6.10. The Morgan fingerprint density at radius 3 is 1.28 bits per heavy atom. The van der Waals surface area contributed by atoms with E-state index in [4.69, 9.17) is 18.9 Å². The summed E-state index contributed by atoms with van der Waals surface area (Å²) in [5.41, 5.74) is 1.65. The van der Waals surface area contributed by atoms with E-state index in [1.165, 1.54) is 28.4 Å². The molecule has 3 aromatic rings. The van der Waals surface area contributed by atoms with Gasteiger partial charge in [0.1, 0.15) is 0 Å². The monoisotopic (exact) mass is 436 g/mol. The summed E-state index contributed by atoms with van der Waals surface area (Å²) >= 11 is 0. The smallest absolute Gasteiger partial charge is 0.255 e. The lowest BCUT2D eigenvalue weighted by Crippen LogP contribution is -2.17. The van der Waals surface area contributed by atoms with E-state index in [0.717, 1.165) is 0 Å². The van der Waals surface area contributed by atoms with E-state index >= 15 is 0 Å². The molecule has 0 aliphatic rings. The number of nitrogens with one attached hydrogen (secondary N) is 2. The van der Waals surface area contributed by atoms with Crippen LogP contribution in [0.15, 0.2) is 60.7 Å². The zero-order chi connectivity index (χ0) is 23.1. The molecule has 2 amide bonds. The van der Waals surface area contributed by atoms with E-state index in [9.17, 15) is 9.59 Å². The summed E-state index contributed by atoms with van der Waals surface area (Å²) in [6.45, 7) is 0. The first-order valence-electron chi connectivity index (χ1n) is 9.66. The van der Waals surface area contributed by atoms with E-state index in [1.54, 1.807) is 60.7 Å². The molecule has 3 aromatic carbocycles. The van der Waals surface area contributed by atoms with Crippen LogP contribution in [-0.2, 0) is 0 Å². The first kappa shape index (κ1) is 22.5. The third kappa shape index (κ3) is 4.92. The highest BCUT2D eigenvalue weighted by atomic mass is 16.5. The van der Waals surface area contributed by atoms with Crippen molar-refractivity contribution in [2.45, 2.75) is 0 Å². The van der Waals surface area contributed by atoms with Crippen LogP contribution in [0, 0.1) is 0 Å². The van der Waals surface area contributed by atoms with Crippen molar-refractivity contribution in [3.05, 3.63) is 71.8 Å². The van der Waals surface area contributed by atoms with E-state index in [1.807, 2.05) is 0 Å². The van der Waals surface area contributed by atoms with E-state index < -0.39 is 0 Å². The fraction of sp³-hybridized carbons (Fsp3) is 0.167. The summed E-state index contributed by atoms with van der Waals surface area (Å²) in [6.07, 6.45) is 0. The second-order valence-electron chi connectivity index (χ2n) is 6.59. The molecule has 0 aliphatic carbocycles. The number of rotatable bonds is 8. The Balaban J connectivity index is 1.80. The van der Waals surface area contributed by atoms with Crippen LogP contribution in [0.5, 0.6) is 23.0 Å². The van der Waals surface area contributed by atoms with Gasteiger partial charge in [-0.1, -0.05) is 12.1 Å². The van der Waals surface area contributed by atoms with Crippen molar-refractivity contribution in [1.82, 2.24) is 0 Å². The van der Waals surface area contributed by atoms with Crippen LogP contribution in [0.1, 0.15) is 20.7 Å². The Morgan fingerprint density at radius 1 is 0.562 bits per heavy atom. The molecule has 0 saturated carbocycles. The van der Waals surface area contributed by atoms with Crippen molar-refractivity contribution in [3.63, 3.8) is 0 Å². The third-order valence-electron chi connectivity index (χ3n) is 4.71. The Morgan fingerprint density at radius 2 is 0.938 bits per heavy atom. The summed E-state index contributed by atoms with van der Waals surface area (Å²) in [5.74, 6) is 1.20. The lowest BCUT2D eigenvalue weighted by Gasteiger charge is -2.14. The lowest BCUT2D eigenvalue weighted by molar-refractivity contribution is 0.101. The molecule has 0 fully saturated rings. The number of para-hydroxylation sites is 2. The zero-order valence-electron chi connectivity index (χ0n) is 18.2. The second kappa shape index (κ2) is 10.2. The molecule has 0 atom stereocenters. The minimum absolute atomic E-state index is 0.362. The Hall–Kier alpha value is -4.20. The maximum absolute atomic E-state index is 12.8. The van der Waals surface area contributed by atoms with Crippen molar-refractivity contribution < 1.29 is 28.5 Å². The summed E-state index contributed by atoms with van der Waals surface area (Å²) in [6, 6.07) is 16.6. The van der Waals surface area contributed by atoms with Gasteiger partial charge in [-0.05, 0) is 48.5 Å². The van der Waals surface area contributed by atoms with Gasteiger partial charge in [0.2, 0.25) is 0 Å². The number of hydrogen-bond donors (Lipinski definition) is 2. The van der Waals surface area contributed by atoms with Crippen LogP contribution in [0.2, 0.25) is 0 Å². The van der Waals surface area contributed by atoms with Gasteiger partial charge in [0.05, 0.1) is 39.8 Å². The number of hydrogen-bond acceptors (Lipinski definition) is 6. The summed E-state index contributed by atoms with van der Waals surface area (Å²) < 4.78 is 20.9. The van der Waals surface area contributed by atoms with E-state index in [-0.39, 0.29) is 11.8 Å². The second-order valence-corrected chi connectivity index (χ2v) is 6.59. The minimum Gasteiger partial charge on any atom is -0.493 e. The van der Waals surface area contributed by atoms with E-state index in [2.05, 4.69) is 10.6 Å². The van der Waals surface area contributed by atoms with Gasteiger partial charge in [0.25, 0.3) is 11.8 Å². The Labute approximate surface area is 186 Å². The van der Waals surface area contributed by atoms with E-state index in [0.29, 0.717) is 45.5 Å². The normalized spacial score (nSPS) is 10.1. The summed E-state index contributed by atoms with van der Waals surface area (Å²) in [7, 11) is 6.04. The molecule has 0 aliphatic heterocycles. The van der Waals surface area contributed by atoms with Crippen LogP contribution in [0.25, 0.3) is 0 Å². The van der Waals surface area contributed by atoms with Crippen molar-refractivity contribution >= 4 is 23.2 Å². The largest absolute Gasteiger partial charge is 0.493 e. The van der Waals surface area contributed by atoms with Crippen LogP contribution >= 0.6 is 0 Å². The number of carbonyl (C=O) groups excluding carboxylic acids is 2. The van der Waals surface area contributed by atoms with Crippen molar-refractivity contribution in [1.29, 1.82) is 0 Å². The molecule has 32 heavy (non-hydrogen) atoms. The standard InChI is InChI=1S/C24H24N2O6/c1-29-19-11-9-15(13-21(19)31-3)23(27)25-17-7-5-6-8-18(17)26-24(28)16-10-12-20(30-2)22(14-16)32-4/h5-14H,1-4H3,(H,25,27)(H,26,28). The summed E-state index contributed by atoms with van der Waals surface area (Å²) in [4.78, 5) is 25.6. The molecule has 8 heteroatoms. The average molecular weight is 436 g/mol. The van der Waals surface area contributed by atoms with Gasteiger partial charge < -0.3 is 29.6 Å². The molecule has 2 N–H and O–H groups in total. The molecule has 0 radical (unpaired) electrons. The quantitative estimate of drug-likeness (QED) is 0.549. The maximum atomic E-state index is 12.8. The first-order chi connectivity index (χ1) is 15.5. The highest BCUT2D eigenvalue weighted by Crippen LogP contribution is 2.30. The van der Waals surface area contributed by atoms with Crippen LogP contribution in [0.3, 0.4) is 0 Å². The Bertz CT molecular complexity index is 1040. The predicted octanol–water partition coefficient (Wildman–Crippen LogP) is 4.23. The van der Waals surface area contributed by atoms with Crippen LogP contribution in [-0.4, -0.2) is 40.3 Å². The van der Waals surface area contributed by atoms with Gasteiger partial charge in [-0.25, -0.2) is 0 Å². The highest BCUT2D eigenvalue weighted by Gasteiger charge is 2.15. The molecular formula is C24H24N2O6. The maximum Gasteiger partial charge on any atom is 0.255 e. The van der Waals surface area contributed by atoms with Gasteiger partial charge in [-0.2, -0.15) is 0 Å². The Kier molecular flexibility index (Phi) is 7.17. The van der Waals surface area contributed by atoms with Crippen LogP contribution < -0.4 is 29.6 Å². The lowest BCUT2D eigenvalue weighted by atomic mass is 10.1. The van der Waals surface area contributed by atoms with Crippen molar-refractivity contribution in [2.24, 2.45) is 0 Å². The number of anilines is 2. The van der Waals surface area contributed by atoms with Gasteiger partial charge in [0.15, 0.2) is 23.0 Å². The minimum atomic E-state index is -0.362. The number of carbonyl (C=O) groups is 2. The molecule has 8 nitrogen and oxygen atoms in total. The summed E-state index contributed by atoms with van der Waals surface area (Å²) in [5, 5.41) is 5.64. The molecular weight excluding hydrogens is 412 g/mol. The number of benzene rings is 3. The van der Waals surface area contributed by atoms with Gasteiger partial charge in [-0.15, -0.1) is 0 Å². The number of methoxy groups -OCH3 is 4. The average Bonchev–Trinajstić information content (AvgIpc) is 2.84. The molecule has 3 rings (SSSR count). The topological polar surface area (TPSA) is 95.1 Å². The number of amides is 2. The molecule has 0 unspecified atom stereocenters. The molecule has 0 saturated heterocycles. The van der Waals surface area contributed by atoms with Gasteiger partial charge in [-0.3, -0.25) is 9.59 Å². The molecule has 0 spiro atoms. The van der Waals surface area contributed by atoms with Crippen molar-refractivity contribution in [2.75, 3.05) is 39.1 Å².